The van der Waals surface area contributed by atoms with Gasteiger partial charge < -0.3 is 15.0 Å². The van der Waals surface area contributed by atoms with Crippen LogP contribution in [-0.4, -0.2) is 55.4 Å². The lowest BCUT2D eigenvalue weighted by molar-refractivity contribution is 0.0592. The number of carbonyl (C=O) groups is 1. The fourth-order valence-corrected chi connectivity index (χ4v) is 1.88. The molecule has 0 aliphatic heterocycles. The molecule has 0 bridgehead atoms. The number of hydrogen-bond donors (Lipinski definition) is 1. The number of hydrogen-bond acceptors (Lipinski definition) is 6. The van der Waals surface area contributed by atoms with Gasteiger partial charge >= 0.3 is 5.97 Å². The molecule has 6 nitrogen and oxygen atoms in total. The maximum Gasteiger partial charge on any atom is 0.358 e. The Labute approximate surface area is 114 Å². The van der Waals surface area contributed by atoms with Gasteiger partial charge in [0.15, 0.2) is 5.69 Å². The summed E-state index contributed by atoms with van der Waals surface area (Å²) in [6.07, 6.45) is 0. The molecule has 0 saturated heterocycles. The number of nitrogens with one attached hydrogen (secondary N) is 1. The van der Waals surface area contributed by atoms with Gasteiger partial charge in [-0.05, 0) is 31.6 Å². The molecule has 0 fully saturated rings. The van der Waals surface area contributed by atoms with Crippen molar-refractivity contribution >= 4 is 11.8 Å². The van der Waals surface area contributed by atoms with Gasteiger partial charge in [0.25, 0.3) is 0 Å². The molecule has 0 aromatic carbocycles. The summed E-state index contributed by atoms with van der Waals surface area (Å²) in [5.74, 6) is 0.173. The van der Waals surface area contributed by atoms with Gasteiger partial charge in [-0.25, -0.2) is 4.79 Å². The molecule has 0 radical (unpaired) electrons. The number of esters is 1. The van der Waals surface area contributed by atoms with Crippen molar-refractivity contribution in [3.63, 3.8) is 0 Å². The van der Waals surface area contributed by atoms with E-state index in [0.29, 0.717) is 5.82 Å². The highest BCUT2D eigenvalue weighted by Crippen LogP contribution is 2.16. The van der Waals surface area contributed by atoms with E-state index < -0.39 is 5.97 Å². The predicted molar refractivity (Wildman–Crippen MR) is 74.2 cm³/mol. The van der Waals surface area contributed by atoms with E-state index in [4.69, 9.17) is 0 Å². The summed E-state index contributed by atoms with van der Waals surface area (Å²) in [6, 6.07) is 3.32. The highest BCUT2D eigenvalue weighted by Gasteiger charge is 2.19. The average molecular weight is 266 g/mol. The van der Waals surface area contributed by atoms with Crippen LogP contribution in [0.15, 0.2) is 12.1 Å². The lowest BCUT2D eigenvalue weighted by Crippen LogP contribution is -2.34. The molecule has 0 saturated carbocycles. The van der Waals surface area contributed by atoms with Gasteiger partial charge in [0.1, 0.15) is 5.82 Å². The van der Waals surface area contributed by atoms with Crippen molar-refractivity contribution in [1.29, 1.82) is 0 Å². The molecule has 0 amide bonds. The Bertz CT molecular complexity index is 415. The molecule has 1 heterocycles. The van der Waals surface area contributed by atoms with Crippen molar-refractivity contribution in [2.45, 2.75) is 13.8 Å². The Kier molecular flexibility index (Phi) is 5.23. The van der Waals surface area contributed by atoms with Crippen molar-refractivity contribution in [2.24, 2.45) is 5.41 Å². The average Bonchev–Trinajstić information content (AvgIpc) is 2.34. The van der Waals surface area contributed by atoms with Crippen molar-refractivity contribution < 1.29 is 9.53 Å². The van der Waals surface area contributed by atoms with Crippen molar-refractivity contribution in [1.82, 2.24) is 15.1 Å². The zero-order valence-electron chi connectivity index (χ0n) is 12.2. The number of nitrogens with zero attached hydrogens (tertiary/aromatic N) is 3. The van der Waals surface area contributed by atoms with Crippen LogP contribution >= 0.6 is 0 Å². The van der Waals surface area contributed by atoms with Crippen LogP contribution in [0.4, 0.5) is 5.82 Å². The van der Waals surface area contributed by atoms with Gasteiger partial charge in [0, 0.05) is 13.1 Å². The SMILES string of the molecule is COC(=O)c1ccc(NCC(C)(C)CN(C)C)nn1. The zero-order chi connectivity index (χ0) is 14.5. The molecule has 6 heteroatoms. The quantitative estimate of drug-likeness (QED) is 0.782. The molecule has 0 unspecified atom stereocenters. The molecule has 1 N–H and O–H groups in total. The molecule has 1 aromatic heterocycles. The van der Waals surface area contributed by atoms with Gasteiger partial charge in [-0.3, -0.25) is 0 Å². The third-order valence-corrected chi connectivity index (χ3v) is 2.55. The fourth-order valence-electron chi connectivity index (χ4n) is 1.88. The second kappa shape index (κ2) is 6.47. The Hall–Kier alpha value is -1.69. The number of ether oxygens (including phenoxy) is 1. The van der Waals surface area contributed by atoms with Crippen LogP contribution in [0, 0.1) is 5.41 Å². The minimum atomic E-state index is -0.480. The van der Waals surface area contributed by atoms with Gasteiger partial charge in [-0.1, -0.05) is 13.8 Å². The van der Waals surface area contributed by atoms with Crippen LogP contribution in [0.25, 0.3) is 0 Å². The monoisotopic (exact) mass is 266 g/mol. The largest absolute Gasteiger partial charge is 0.464 e. The van der Waals surface area contributed by atoms with E-state index in [1.54, 1.807) is 12.1 Å². The maximum absolute atomic E-state index is 11.2. The summed E-state index contributed by atoms with van der Waals surface area (Å²) >= 11 is 0. The van der Waals surface area contributed by atoms with E-state index >= 15 is 0 Å². The van der Waals surface area contributed by atoms with E-state index in [1.807, 2.05) is 14.1 Å². The first kappa shape index (κ1) is 15.4. The van der Waals surface area contributed by atoms with Crippen LogP contribution in [-0.2, 0) is 4.74 Å². The van der Waals surface area contributed by atoms with E-state index in [2.05, 4.69) is 39.0 Å². The van der Waals surface area contributed by atoms with Crippen molar-refractivity contribution in [3.8, 4) is 0 Å². The lowest BCUT2D eigenvalue weighted by Gasteiger charge is -2.28. The molecule has 106 valence electrons. The first-order valence-electron chi connectivity index (χ1n) is 6.15. The van der Waals surface area contributed by atoms with Gasteiger partial charge in [-0.2, -0.15) is 0 Å². The third kappa shape index (κ3) is 5.21. The summed E-state index contributed by atoms with van der Waals surface area (Å²) in [6.45, 7) is 6.09. The number of methoxy groups -OCH3 is 1. The Morgan fingerprint density at radius 1 is 1.37 bits per heavy atom. The van der Waals surface area contributed by atoms with Crippen LogP contribution in [0.3, 0.4) is 0 Å². The van der Waals surface area contributed by atoms with E-state index in [9.17, 15) is 4.79 Å². The molecule has 19 heavy (non-hydrogen) atoms. The van der Waals surface area contributed by atoms with Crippen LogP contribution < -0.4 is 5.32 Å². The van der Waals surface area contributed by atoms with E-state index in [1.165, 1.54) is 7.11 Å². The van der Waals surface area contributed by atoms with E-state index in [-0.39, 0.29) is 11.1 Å². The molecule has 0 spiro atoms. The predicted octanol–water partition coefficient (Wildman–Crippen LogP) is 1.26. The van der Waals surface area contributed by atoms with Crippen molar-refractivity contribution in [2.75, 3.05) is 39.6 Å². The summed E-state index contributed by atoms with van der Waals surface area (Å²) in [5, 5.41) is 11.0. The van der Waals surface area contributed by atoms with E-state index in [0.717, 1.165) is 13.1 Å². The molecule has 1 aromatic rings. The second-order valence-corrected chi connectivity index (χ2v) is 5.55. The summed E-state index contributed by atoms with van der Waals surface area (Å²) in [4.78, 5) is 13.4. The standard InChI is InChI=1S/C13H22N4O2/c1-13(2,9-17(3)4)8-14-11-7-6-10(15-16-11)12(18)19-5/h6-7H,8-9H2,1-5H3,(H,14,16). The molecular formula is C13H22N4O2. The third-order valence-electron chi connectivity index (χ3n) is 2.55. The topological polar surface area (TPSA) is 67.3 Å². The summed E-state index contributed by atoms with van der Waals surface area (Å²) < 4.78 is 4.57. The number of aromatic nitrogens is 2. The van der Waals surface area contributed by atoms with Crippen LogP contribution in [0.2, 0.25) is 0 Å². The highest BCUT2D eigenvalue weighted by atomic mass is 16.5. The van der Waals surface area contributed by atoms with Gasteiger partial charge in [0.2, 0.25) is 0 Å². The normalized spacial score (nSPS) is 11.5. The van der Waals surface area contributed by atoms with Crippen LogP contribution in [0.1, 0.15) is 24.3 Å². The molecule has 0 atom stereocenters. The summed E-state index contributed by atoms with van der Waals surface area (Å²) in [7, 11) is 5.42. The van der Waals surface area contributed by atoms with Gasteiger partial charge in [-0.15, -0.1) is 10.2 Å². The molecule has 0 aliphatic carbocycles. The molecule has 1 rings (SSSR count). The summed E-state index contributed by atoms with van der Waals surface area (Å²) in [5.41, 5.74) is 0.326. The molecule has 0 aliphatic rings. The van der Waals surface area contributed by atoms with Crippen molar-refractivity contribution in [3.05, 3.63) is 17.8 Å². The fraction of sp³-hybridized carbons (Fsp3) is 0.615. The minimum Gasteiger partial charge on any atom is -0.464 e. The lowest BCUT2D eigenvalue weighted by atomic mass is 9.93. The number of rotatable bonds is 6. The Morgan fingerprint density at radius 3 is 2.53 bits per heavy atom. The Balaban J connectivity index is 2.57. The minimum absolute atomic E-state index is 0.117. The number of anilines is 1. The molecular weight excluding hydrogens is 244 g/mol. The number of carbonyl (C=O) groups excluding carboxylic acids is 1. The van der Waals surface area contributed by atoms with Crippen LogP contribution in [0.5, 0.6) is 0 Å². The zero-order valence-corrected chi connectivity index (χ0v) is 12.2. The van der Waals surface area contributed by atoms with Gasteiger partial charge in [0.05, 0.1) is 7.11 Å². The second-order valence-electron chi connectivity index (χ2n) is 5.55. The maximum atomic E-state index is 11.2. The first-order valence-corrected chi connectivity index (χ1v) is 6.15. The Morgan fingerprint density at radius 2 is 2.05 bits per heavy atom. The smallest absolute Gasteiger partial charge is 0.358 e. The first-order chi connectivity index (χ1) is 8.84. The highest BCUT2D eigenvalue weighted by molar-refractivity contribution is 5.86.